The normalized spacial score (nSPS) is 10.5. The van der Waals surface area contributed by atoms with E-state index in [4.69, 9.17) is 4.74 Å². The Morgan fingerprint density at radius 3 is 2.70 bits per heavy atom. The smallest absolute Gasteiger partial charge is 0.226 e. The first-order valence-electron chi connectivity index (χ1n) is 9.50. The fourth-order valence-electron chi connectivity index (χ4n) is 2.90. The van der Waals surface area contributed by atoms with E-state index in [9.17, 15) is 14.0 Å². The van der Waals surface area contributed by atoms with Crippen molar-refractivity contribution in [2.45, 2.75) is 26.7 Å². The quantitative estimate of drug-likeness (QED) is 0.537. The van der Waals surface area contributed by atoms with Crippen LogP contribution >= 0.6 is 11.3 Å². The molecule has 3 rings (SSSR count). The number of anilines is 2. The molecule has 0 fully saturated rings. The lowest BCUT2D eigenvalue weighted by Crippen LogP contribution is -2.12. The van der Waals surface area contributed by atoms with Crippen molar-refractivity contribution in [3.63, 3.8) is 0 Å². The van der Waals surface area contributed by atoms with E-state index in [0.29, 0.717) is 35.1 Å². The first-order valence-corrected chi connectivity index (χ1v) is 10.4. The van der Waals surface area contributed by atoms with E-state index >= 15 is 0 Å². The maximum atomic E-state index is 14.4. The van der Waals surface area contributed by atoms with Crippen molar-refractivity contribution >= 4 is 34.0 Å². The Hall–Kier alpha value is -3.26. The van der Waals surface area contributed by atoms with Crippen molar-refractivity contribution in [2.24, 2.45) is 0 Å². The van der Waals surface area contributed by atoms with Gasteiger partial charge < -0.3 is 15.4 Å². The van der Waals surface area contributed by atoms with Crippen LogP contribution in [0.1, 0.15) is 25.8 Å². The Morgan fingerprint density at radius 1 is 1.17 bits per heavy atom. The van der Waals surface area contributed by atoms with Crippen LogP contribution in [0.25, 0.3) is 11.3 Å². The molecule has 30 heavy (non-hydrogen) atoms. The van der Waals surface area contributed by atoms with Crippen molar-refractivity contribution in [3.8, 4) is 17.0 Å². The summed E-state index contributed by atoms with van der Waals surface area (Å²) in [5.41, 5.74) is 2.06. The number of aryl methyl sites for hydroxylation is 1. The number of carbonyl (C=O) groups excluding carboxylic acids is 2. The minimum absolute atomic E-state index is 0.177. The summed E-state index contributed by atoms with van der Waals surface area (Å²) in [4.78, 5) is 27.7. The van der Waals surface area contributed by atoms with Crippen molar-refractivity contribution in [3.05, 3.63) is 59.2 Å². The van der Waals surface area contributed by atoms with Crippen molar-refractivity contribution in [1.29, 1.82) is 0 Å². The second-order valence-corrected chi connectivity index (χ2v) is 7.36. The molecule has 156 valence electrons. The molecule has 8 heteroatoms. The molecule has 0 saturated carbocycles. The molecule has 0 radical (unpaired) electrons. The molecular weight excluding hydrogens is 405 g/mol. The third-order valence-electron chi connectivity index (χ3n) is 4.21. The Labute approximate surface area is 178 Å². The molecule has 2 amide bonds. The minimum Gasteiger partial charge on any atom is -0.494 e. The van der Waals surface area contributed by atoms with Gasteiger partial charge in [0.25, 0.3) is 0 Å². The molecule has 3 aromatic rings. The van der Waals surface area contributed by atoms with Gasteiger partial charge in [-0.2, -0.15) is 0 Å². The van der Waals surface area contributed by atoms with E-state index in [-0.39, 0.29) is 18.2 Å². The number of hydrogen-bond acceptors (Lipinski definition) is 5. The Kier molecular flexibility index (Phi) is 7.13. The topological polar surface area (TPSA) is 80.3 Å². The summed E-state index contributed by atoms with van der Waals surface area (Å²) in [5, 5.41) is 7.37. The zero-order valence-electron chi connectivity index (χ0n) is 16.7. The van der Waals surface area contributed by atoms with Gasteiger partial charge in [-0.3, -0.25) is 9.59 Å². The van der Waals surface area contributed by atoms with E-state index in [1.54, 1.807) is 17.5 Å². The van der Waals surface area contributed by atoms with Gasteiger partial charge in [0.1, 0.15) is 11.6 Å². The van der Waals surface area contributed by atoms with Crippen LogP contribution in [0.15, 0.2) is 47.8 Å². The SMILES string of the molecule is CCOc1ccccc1CCC(=O)Nc1nc(-c2ccc(NC(C)=O)cc2F)cs1. The molecule has 0 aliphatic rings. The number of nitrogens with zero attached hydrogens (tertiary/aromatic N) is 1. The monoisotopic (exact) mass is 427 g/mol. The summed E-state index contributed by atoms with van der Waals surface area (Å²) in [6.45, 7) is 3.84. The molecule has 0 aliphatic carbocycles. The third kappa shape index (κ3) is 5.64. The molecule has 2 N–H and O–H groups in total. The molecule has 1 heterocycles. The lowest BCUT2D eigenvalue weighted by Gasteiger charge is -2.09. The molecule has 1 aromatic heterocycles. The van der Waals surface area contributed by atoms with Gasteiger partial charge in [-0.25, -0.2) is 9.37 Å². The van der Waals surface area contributed by atoms with Crippen LogP contribution in [0, 0.1) is 5.82 Å². The largest absolute Gasteiger partial charge is 0.494 e. The lowest BCUT2D eigenvalue weighted by molar-refractivity contribution is -0.116. The minimum atomic E-state index is -0.503. The van der Waals surface area contributed by atoms with E-state index in [0.717, 1.165) is 11.3 Å². The molecule has 0 saturated heterocycles. The van der Waals surface area contributed by atoms with Gasteiger partial charge in [-0.1, -0.05) is 18.2 Å². The predicted molar refractivity (Wildman–Crippen MR) is 116 cm³/mol. The van der Waals surface area contributed by atoms with Crippen LogP contribution in [0.3, 0.4) is 0 Å². The fourth-order valence-corrected chi connectivity index (χ4v) is 3.62. The number of aromatic nitrogens is 1. The van der Waals surface area contributed by atoms with Gasteiger partial charge in [-0.05, 0) is 43.2 Å². The van der Waals surface area contributed by atoms with Crippen LogP contribution in [0.4, 0.5) is 15.2 Å². The average Bonchev–Trinajstić information content (AvgIpc) is 3.15. The van der Waals surface area contributed by atoms with Gasteiger partial charge in [-0.15, -0.1) is 11.3 Å². The Bertz CT molecular complexity index is 1050. The van der Waals surface area contributed by atoms with Gasteiger partial charge >= 0.3 is 0 Å². The van der Waals surface area contributed by atoms with E-state index in [1.165, 1.54) is 24.3 Å². The molecule has 6 nitrogen and oxygen atoms in total. The standard InChI is InChI=1S/C22H22FN3O3S/c1-3-29-20-7-5-4-6-15(20)8-11-21(28)26-22-25-19(13-30-22)17-10-9-16(12-18(17)23)24-14(2)27/h4-7,9-10,12-13H,3,8,11H2,1-2H3,(H,24,27)(H,25,26,28). The number of carbonyl (C=O) groups is 2. The zero-order chi connectivity index (χ0) is 21.5. The third-order valence-corrected chi connectivity index (χ3v) is 4.97. The molecule has 0 atom stereocenters. The summed E-state index contributed by atoms with van der Waals surface area (Å²) in [7, 11) is 0. The summed E-state index contributed by atoms with van der Waals surface area (Å²) < 4.78 is 20.0. The molecule has 0 unspecified atom stereocenters. The number of amides is 2. The molecule has 0 aliphatic heterocycles. The maximum absolute atomic E-state index is 14.4. The highest BCUT2D eigenvalue weighted by atomic mass is 32.1. The Balaban J connectivity index is 1.62. The molecule has 0 spiro atoms. The number of hydrogen-bond donors (Lipinski definition) is 2. The van der Waals surface area contributed by atoms with Gasteiger partial charge in [0.05, 0.1) is 12.3 Å². The highest BCUT2D eigenvalue weighted by molar-refractivity contribution is 7.14. The van der Waals surface area contributed by atoms with Crippen LogP contribution in [-0.4, -0.2) is 23.4 Å². The molecular formula is C22H22FN3O3S. The number of thiazole rings is 1. The van der Waals surface area contributed by atoms with Crippen LogP contribution in [-0.2, 0) is 16.0 Å². The summed E-state index contributed by atoms with van der Waals surface area (Å²) in [5.74, 6) is -0.173. The maximum Gasteiger partial charge on any atom is 0.226 e. The second kappa shape index (κ2) is 9.98. The van der Waals surface area contributed by atoms with Gasteiger partial charge in [0.2, 0.25) is 11.8 Å². The van der Waals surface area contributed by atoms with Crippen LogP contribution in [0.2, 0.25) is 0 Å². The van der Waals surface area contributed by atoms with Crippen LogP contribution < -0.4 is 15.4 Å². The number of rotatable bonds is 8. The second-order valence-electron chi connectivity index (χ2n) is 6.50. The van der Waals surface area contributed by atoms with Crippen molar-refractivity contribution in [2.75, 3.05) is 17.2 Å². The van der Waals surface area contributed by atoms with Gasteiger partial charge in [0.15, 0.2) is 5.13 Å². The van der Waals surface area contributed by atoms with E-state index in [1.807, 2.05) is 31.2 Å². The number of para-hydroxylation sites is 1. The first kappa shape index (κ1) is 21.4. The molecule has 0 bridgehead atoms. The molecule has 2 aromatic carbocycles. The first-order chi connectivity index (χ1) is 14.5. The van der Waals surface area contributed by atoms with Crippen molar-refractivity contribution < 1.29 is 18.7 Å². The average molecular weight is 428 g/mol. The fraction of sp³-hybridized carbons (Fsp3) is 0.227. The van der Waals surface area contributed by atoms with E-state index in [2.05, 4.69) is 15.6 Å². The predicted octanol–water partition coefficient (Wildman–Crippen LogP) is 4.88. The van der Waals surface area contributed by atoms with Gasteiger partial charge in [0, 0.05) is 30.0 Å². The summed E-state index contributed by atoms with van der Waals surface area (Å²) in [6, 6.07) is 12.0. The number of halogens is 1. The number of ether oxygens (including phenoxy) is 1. The van der Waals surface area contributed by atoms with Crippen molar-refractivity contribution in [1.82, 2.24) is 4.98 Å². The number of benzene rings is 2. The van der Waals surface area contributed by atoms with Crippen LogP contribution in [0.5, 0.6) is 5.75 Å². The van der Waals surface area contributed by atoms with E-state index < -0.39 is 5.82 Å². The zero-order valence-corrected chi connectivity index (χ0v) is 17.5. The highest BCUT2D eigenvalue weighted by Crippen LogP contribution is 2.29. The summed E-state index contributed by atoms with van der Waals surface area (Å²) >= 11 is 1.23. The summed E-state index contributed by atoms with van der Waals surface area (Å²) in [6.07, 6.45) is 0.818. The Morgan fingerprint density at radius 2 is 1.97 bits per heavy atom. The lowest BCUT2D eigenvalue weighted by atomic mass is 10.1. The number of nitrogens with one attached hydrogen (secondary N) is 2. The highest BCUT2D eigenvalue weighted by Gasteiger charge is 2.13.